The maximum Gasteiger partial charge on any atom is 0.261 e. The molecule has 1 unspecified atom stereocenters. The number of aliphatic hydroxyl groups excluding tert-OH is 1. The summed E-state index contributed by atoms with van der Waals surface area (Å²) in [4.78, 5) is 25.0. The molecule has 23 heavy (non-hydrogen) atoms. The van der Waals surface area contributed by atoms with E-state index in [1.807, 2.05) is 13.2 Å². The highest BCUT2D eigenvalue weighted by Gasteiger charge is 2.36. The topological polar surface area (TPSA) is 84.2 Å². The Bertz CT molecular complexity index is 731. The number of carbonyl (C=O) groups is 2. The summed E-state index contributed by atoms with van der Waals surface area (Å²) in [5.74, 6) is -0.0388. The van der Waals surface area contributed by atoms with Crippen molar-refractivity contribution in [3.05, 3.63) is 39.8 Å². The number of ketones is 1. The van der Waals surface area contributed by atoms with Crippen LogP contribution in [0.25, 0.3) is 0 Å². The molecule has 122 valence electrons. The quantitative estimate of drug-likeness (QED) is 0.819. The van der Waals surface area contributed by atoms with Gasteiger partial charge in [0.25, 0.3) is 5.91 Å². The van der Waals surface area contributed by atoms with Crippen molar-refractivity contribution in [2.24, 2.45) is 13.0 Å². The summed E-state index contributed by atoms with van der Waals surface area (Å²) in [6, 6.07) is 3.17. The summed E-state index contributed by atoms with van der Waals surface area (Å²) in [6.07, 6.45) is 4.67. The number of hydrogen-bond acceptors (Lipinski definition) is 5. The van der Waals surface area contributed by atoms with E-state index in [0.29, 0.717) is 22.6 Å². The second-order valence-corrected chi connectivity index (χ2v) is 7.09. The van der Waals surface area contributed by atoms with Crippen LogP contribution in [0.5, 0.6) is 0 Å². The molecule has 2 heterocycles. The Morgan fingerprint density at radius 1 is 1.39 bits per heavy atom. The first-order valence-electron chi connectivity index (χ1n) is 7.52. The van der Waals surface area contributed by atoms with Crippen molar-refractivity contribution in [1.82, 2.24) is 15.1 Å². The first kappa shape index (κ1) is 15.9. The van der Waals surface area contributed by atoms with Crippen molar-refractivity contribution in [2.45, 2.75) is 31.9 Å². The number of nitrogens with one attached hydrogen (secondary N) is 1. The molecule has 0 bridgehead atoms. The molecule has 3 rings (SSSR count). The van der Waals surface area contributed by atoms with Crippen LogP contribution in [0.2, 0.25) is 0 Å². The van der Waals surface area contributed by atoms with Gasteiger partial charge in [0.1, 0.15) is 0 Å². The number of rotatable bonds is 5. The first-order valence-corrected chi connectivity index (χ1v) is 8.34. The molecule has 2 N–H and O–H groups in total. The molecular formula is C16H19N3O3S. The van der Waals surface area contributed by atoms with Crippen molar-refractivity contribution in [3.63, 3.8) is 0 Å². The van der Waals surface area contributed by atoms with Crippen molar-refractivity contribution in [2.75, 3.05) is 0 Å². The fraction of sp³-hybridized carbons (Fsp3) is 0.438. The molecular weight excluding hydrogens is 314 g/mol. The van der Waals surface area contributed by atoms with Crippen LogP contribution in [0.1, 0.15) is 50.7 Å². The SMILES string of the molecule is CC(=O)c1ccc(C(=O)NC(c2cnn(C)c2)C2CC(O)C2)s1. The predicted octanol–water partition coefficient (Wildman–Crippen LogP) is 1.93. The summed E-state index contributed by atoms with van der Waals surface area (Å²) in [5.41, 5.74) is 0.932. The van der Waals surface area contributed by atoms with E-state index in [9.17, 15) is 14.7 Å². The van der Waals surface area contributed by atoms with Gasteiger partial charge in [0.05, 0.1) is 28.1 Å². The Labute approximate surface area is 138 Å². The third kappa shape index (κ3) is 3.35. The van der Waals surface area contributed by atoms with Crippen LogP contribution in [-0.2, 0) is 7.05 Å². The van der Waals surface area contributed by atoms with Gasteiger partial charge in [-0.05, 0) is 37.8 Å². The van der Waals surface area contributed by atoms with Gasteiger partial charge >= 0.3 is 0 Å². The average Bonchev–Trinajstić information content (AvgIpc) is 3.10. The molecule has 0 aromatic carbocycles. The van der Waals surface area contributed by atoms with Gasteiger partial charge < -0.3 is 10.4 Å². The van der Waals surface area contributed by atoms with Crippen molar-refractivity contribution in [3.8, 4) is 0 Å². The molecule has 7 heteroatoms. The van der Waals surface area contributed by atoms with Crippen LogP contribution in [-0.4, -0.2) is 32.7 Å². The van der Waals surface area contributed by atoms with Gasteiger partial charge in [-0.25, -0.2) is 0 Å². The molecule has 1 atom stereocenters. The molecule has 1 fully saturated rings. The van der Waals surface area contributed by atoms with Crippen molar-refractivity contribution in [1.29, 1.82) is 0 Å². The van der Waals surface area contributed by atoms with Gasteiger partial charge in [-0.1, -0.05) is 0 Å². The number of nitrogens with zero attached hydrogens (tertiary/aromatic N) is 2. The average molecular weight is 333 g/mol. The molecule has 1 aliphatic carbocycles. The minimum absolute atomic E-state index is 0.0417. The molecule has 1 saturated carbocycles. The standard InChI is InChI=1S/C16H19N3O3S/c1-9(20)13-3-4-14(23-13)16(22)18-15(10-5-12(21)6-10)11-7-17-19(2)8-11/h3-4,7-8,10,12,15,21H,5-6H2,1-2H3,(H,18,22). The summed E-state index contributed by atoms with van der Waals surface area (Å²) in [7, 11) is 1.83. The highest BCUT2D eigenvalue weighted by atomic mass is 32.1. The summed E-state index contributed by atoms with van der Waals surface area (Å²) >= 11 is 1.20. The maximum absolute atomic E-state index is 12.5. The fourth-order valence-corrected chi connectivity index (χ4v) is 3.64. The molecule has 2 aromatic rings. The second-order valence-electron chi connectivity index (χ2n) is 6.00. The lowest BCUT2D eigenvalue weighted by molar-refractivity contribution is 0.0235. The predicted molar refractivity (Wildman–Crippen MR) is 86.5 cm³/mol. The zero-order valence-electron chi connectivity index (χ0n) is 13.0. The Hall–Kier alpha value is -1.99. The normalized spacial score (nSPS) is 21.5. The van der Waals surface area contributed by atoms with Gasteiger partial charge in [-0.2, -0.15) is 5.10 Å². The van der Waals surface area contributed by atoms with Gasteiger partial charge in [0.15, 0.2) is 5.78 Å². The number of thiophene rings is 1. The highest BCUT2D eigenvalue weighted by molar-refractivity contribution is 7.15. The molecule has 6 nitrogen and oxygen atoms in total. The summed E-state index contributed by atoms with van der Waals surface area (Å²) in [6.45, 7) is 1.49. The number of aromatic nitrogens is 2. The smallest absolute Gasteiger partial charge is 0.261 e. The summed E-state index contributed by atoms with van der Waals surface area (Å²) < 4.78 is 1.70. The first-order chi connectivity index (χ1) is 10.9. The highest BCUT2D eigenvalue weighted by Crippen LogP contribution is 2.38. The van der Waals surface area contributed by atoms with Crippen molar-refractivity contribution < 1.29 is 14.7 Å². The molecule has 0 aliphatic heterocycles. The summed E-state index contributed by atoms with van der Waals surface area (Å²) in [5, 5.41) is 16.8. The van der Waals surface area contributed by atoms with E-state index >= 15 is 0 Å². The van der Waals surface area contributed by atoms with Crippen LogP contribution in [0.4, 0.5) is 0 Å². The number of amides is 1. The molecule has 0 spiro atoms. The van der Waals surface area contributed by atoms with Gasteiger partial charge in [0, 0.05) is 18.8 Å². The van der Waals surface area contributed by atoms with E-state index in [4.69, 9.17) is 0 Å². The Morgan fingerprint density at radius 2 is 2.09 bits per heavy atom. The van der Waals surface area contributed by atoms with Crippen molar-refractivity contribution >= 4 is 23.0 Å². The van der Waals surface area contributed by atoms with Crippen LogP contribution in [0.15, 0.2) is 24.5 Å². The second kappa shape index (κ2) is 6.25. The zero-order valence-corrected chi connectivity index (χ0v) is 13.8. The molecule has 0 radical (unpaired) electrons. The maximum atomic E-state index is 12.5. The fourth-order valence-electron chi connectivity index (χ4n) is 2.84. The number of Topliss-reactive ketones (excluding diaryl/α,β-unsaturated/α-hetero) is 1. The van der Waals surface area contributed by atoms with Crippen LogP contribution < -0.4 is 5.32 Å². The van der Waals surface area contributed by atoms with E-state index in [2.05, 4.69) is 10.4 Å². The van der Waals surface area contributed by atoms with Gasteiger partial charge in [-0.15, -0.1) is 11.3 Å². The minimum atomic E-state index is -0.290. The molecule has 0 saturated heterocycles. The van der Waals surface area contributed by atoms with E-state index < -0.39 is 0 Å². The van der Waals surface area contributed by atoms with Gasteiger partial charge in [-0.3, -0.25) is 14.3 Å². The van der Waals surface area contributed by atoms with Crippen LogP contribution in [0, 0.1) is 5.92 Å². The number of aliphatic hydroxyl groups is 1. The Morgan fingerprint density at radius 3 is 2.61 bits per heavy atom. The zero-order chi connectivity index (χ0) is 16.6. The minimum Gasteiger partial charge on any atom is -0.393 e. The van der Waals surface area contributed by atoms with Crippen LogP contribution >= 0.6 is 11.3 Å². The number of hydrogen-bond donors (Lipinski definition) is 2. The third-order valence-electron chi connectivity index (χ3n) is 4.17. The Kier molecular flexibility index (Phi) is 4.32. The van der Waals surface area contributed by atoms with E-state index in [0.717, 1.165) is 5.56 Å². The molecule has 1 aliphatic rings. The molecule has 1 amide bonds. The van der Waals surface area contributed by atoms with Crippen LogP contribution in [0.3, 0.4) is 0 Å². The van der Waals surface area contributed by atoms with Gasteiger partial charge in [0.2, 0.25) is 0 Å². The van der Waals surface area contributed by atoms with E-state index in [1.54, 1.807) is 23.0 Å². The lowest BCUT2D eigenvalue weighted by Gasteiger charge is -2.37. The lowest BCUT2D eigenvalue weighted by Crippen LogP contribution is -2.41. The Balaban J connectivity index is 1.77. The monoisotopic (exact) mass is 333 g/mol. The number of carbonyl (C=O) groups excluding carboxylic acids is 2. The lowest BCUT2D eigenvalue weighted by atomic mass is 9.75. The molecule has 2 aromatic heterocycles. The van der Waals surface area contributed by atoms with E-state index in [1.165, 1.54) is 18.3 Å². The van der Waals surface area contributed by atoms with E-state index in [-0.39, 0.29) is 29.8 Å². The largest absolute Gasteiger partial charge is 0.393 e. The number of aryl methyl sites for hydroxylation is 1. The third-order valence-corrected chi connectivity index (χ3v) is 5.35.